The van der Waals surface area contributed by atoms with Crippen LogP contribution in [0, 0.1) is 6.92 Å². The van der Waals surface area contributed by atoms with Gasteiger partial charge in [0.25, 0.3) is 0 Å². The number of ether oxygens (including phenoxy) is 2. The standard InChI is InChI=1S/C15H20BrNO4/c1-8-11(16)10(12(18)20-14(2,3)4)9-7-15(5,6)21-13(19)17(8)9/h7H2,1-6H3. The monoisotopic (exact) mass is 357 g/mol. The highest BCUT2D eigenvalue weighted by Gasteiger charge is 2.39. The van der Waals surface area contributed by atoms with Gasteiger partial charge < -0.3 is 9.47 Å². The van der Waals surface area contributed by atoms with Crippen LogP contribution in [0.3, 0.4) is 0 Å². The summed E-state index contributed by atoms with van der Waals surface area (Å²) in [6, 6.07) is 0. The summed E-state index contributed by atoms with van der Waals surface area (Å²) < 4.78 is 12.9. The second-order valence-corrected chi connectivity index (χ2v) is 7.66. The van der Waals surface area contributed by atoms with E-state index in [9.17, 15) is 9.59 Å². The molecule has 0 unspecified atom stereocenters. The fourth-order valence-corrected chi connectivity index (χ4v) is 2.96. The number of hydrogen-bond donors (Lipinski definition) is 0. The molecule has 0 aliphatic carbocycles. The van der Waals surface area contributed by atoms with Crippen LogP contribution >= 0.6 is 15.9 Å². The Balaban J connectivity index is 2.57. The van der Waals surface area contributed by atoms with Crippen molar-refractivity contribution in [1.82, 2.24) is 4.57 Å². The van der Waals surface area contributed by atoms with E-state index >= 15 is 0 Å². The fourth-order valence-electron chi connectivity index (χ4n) is 2.39. The molecule has 0 bridgehead atoms. The van der Waals surface area contributed by atoms with Crippen LogP contribution in [0.5, 0.6) is 0 Å². The Morgan fingerprint density at radius 1 is 1.38 bits per heavy atom. The predicted molar refractivity (Wildman–Crippen MR) is 81.7 cm³/mol. The van der Waals surface area contributed by atoms with Gasteiger partial charge in [-0.3, -0.25) is 4.57 Å². The molecule has 5 nitrogen and oxygen atoms in total. The van der Waals surface area contributed by atoms with Crippen molar-refractivity contribution < 1.29 is 19.1 Å². The molecule has 1 aromatic heterocycles. The predicted octanol–water partition coefficient (Wildman–Crippen LogP) is 3.83. The smallest absolute Gasteiger partial charge is 0.419 e. The van der Waals surface area contributed by atoms with Gasteiger partial charge in [-0.25, -0.2) is 9.59 Å². The van der Waals surface area contributed by atoms with Crippen molar-refractivity contribution in [2.45, 2.75) is 59.2 Å². The van der Waals surface area contributed by atoms with Crippen LogP contribution in [0.2, 0.25) is 0 Å². The first-order valence-corrected chi connectivity index (χ1v) is 7.58. The molecule has 2 heterocycles. The maximum atomic E-state index is 12.5. The quantitative estimate of drug-likeness (QED) is 0.716. The van der Waals surface area contributed by atoms with Crippen molar-refractivity contribution in [2.75, 3.05) is 0 Å². The molecule has 2 rings (SSSR count). The Kier molecular flexibility index (Phi) is 3.72. The second kappa shape index (κ2) is 4.87. The highest BCUT2D eigenvalue weighted by atomic mass is 79.9. The third kappa shape index (κ3) is 3.00. The van der Waals surface area contributed by atoms with Crippen LogP contribution in [-0.2, 0) is 15.9 Å². The normalized spacial score (nSPS) is 17.2. The van der Waals surface area contributed by atoms with Gasteiger partial charge in [0.2, 0.25) is 0 Å². The Hall–Kier alpha value is -1.30. The number of carbonyl (C=O) groups is 2. The van der Waals surface area contributed by atoms with Crippen LogP contribution in [-0.4, -0.2) is 27.8 Å². The van der Waals surface area contributed by atoms with Gasteiger partial charge in [-0.1, -0.05) is 0 Å². The summed E-state index contributed by atoms with van der Waals surface area (Å²) in [5.74, 6) is -0.434. The summed E-state index contributed by atoms with van der Waals surface area (Å²) in [5, 5.41) is 0. The number of fused-ring (bicyclic) bond motifs is 1. The van der Waals surface area contributed by atoms with Crippen molar-refractivity contribution in [3.05, 3.63) is 21.4 Å². The number of nitrogens with zero attached hydrogens (tertiary/aromatic N) is 1. The van der Waals surface area contributed by atoms with Gasteiger partial charge in [0.1, 0.15) is 11.2 Å². The first kappa shape index (κ1) is 16.1. The van der Waals surface area contributed by atoms with E-state index in [0.29, 0.717) is 27.8 Å². The van der Waals surface area contributed by atoms with E-state index in [1.54, 1.807) is 6.92 Å². The molecule has 0 fully saturated rings. The molecular weight excluding hydrogens is 338 g/mol. The summed E-state index contributed by atoms with van der Waals surface area (Å²) in [5.41, 5.74) is 0.450. The lowest BCUT2D eigenvalue weighted by Crippen LogP contribution is -2.40. The zero-order chi connectivity index (χ0) is 16.2. The van der Waals surface area contributed by atoms with Crippen LogP contribution in [0.1, 0.15) is 56.4 Å². The van der Waals surface area contributed by atoms with Gasteiger partial charge in [0.05, 0.1) is 10.0 Å². The minimum Gasteiger partial charge on any atom is -0.456 e. The van der Waals surface area contributed by atoms with Crippen molar-refractivity contribution in [3.8, 4) is 0 Å². The van der Waals surface area contributed by atoms with Crippen LogP contribution < -0.4 is 0 Å². The summed E-state index contributed by atoms with van der Waals surface area (Å²) >= 11 is 3.41. The lowest BCUT2D eigenvalue weighted by molar-refractivity contribution is 0.00596. The highest BCUT2D eigenvalue weighted by Crippen LogP contribution is 2.36. The molecule has 1 aliphatic rings. The number of esters is 1. The molecule has 0 spiro atoms. The molecule has 116 valence electrons. The molecule has 0 amide bonds. The summed E-state index contributed by atoms with van der Waals surface area (Å²) in [6.45, 7) is 10.8. The third-order valence-electron chi connectivity index (χ3n) is 3.17. The lowest BCUT2D eigenvalue weighted by atomic mass is 9.99. The third-order valence-corrected chi connectivity index (χ3v) is 4.14. The Labute approximate surface area is 132 Å². The minimum absolute atomic E-state index is 0.409. The number of halogens is 1. The molecule has 0 atom stereocenters. The van der Waals surface area contributed by atoms with Crippen molar-refractivity contribution in [2.24, 2.45) is 0 Å². The second-order valence-electron chi connectivity index (χ2n) is 6.86. The maximum Gasteiger partial charge on any atom is 0.419 e. The molecule has 0 saturated carbocycles. The van der Waals surface area contributed by atoms with E-state index in [0.717, 1.165) is 0 Å². The molecule has 0 radical (unpaired) electrons. The van der Waals surface area contributed by atoms with Gasteiger partial charge in [-0.15, -0.1) is 0 Å². The summed E-state index contributed by atoms with van der Waals surface area (Å²) in [7, 11) is 0. The SMILES string of the molecule is Cc1c(Br)c(C(=O)OC(C)(C)C)c2n1C(=O)OC(C)(C)C2. The number of cyclic esters (lactones) is 1. The molecule has 1 aromatic rings. The largest absolute Gasteiger partial charge is 0.456 e. The average molecular weight is 358 g/mol. The first-order chi connectivity index (χ1) is 9.43. The van der Waals surface area contributed by atoms with E-state index in [1.807, 2.05) is 34.6 Å². The van der Waals surface area contributed by atoms with Crippen LogP contribution in [0.4, 0.5) is 4.79 Å². The van der Waals surface area contributed by atoms with Crippen LogP contribution in [0.15, 0.2) is 4.47 Å². The Morgan fingerprint density at radius 2 is 1.95 bits per heavy atom. The van der Waals surface area contributed by atoms with Gasteiger partial charge in [0, 0.05) is 17.8 Å². The van der Waals surface area contributed by atoms with E-state index in [1.165, 1.54) is 4.57 Å². The Morgan fingerprint density at radius 3 is 2.48 bits per heavy atom. The summed E-state index contributed by atoms with van der Waals surface area (Å²) in [6.07, 6.45) is -0.00556. The lowest BCUT2D eigenvalue weighted by Gasteiger charge is -2.31. The van der Waals surface area contributed by atoms with E-state index in [-0.39, 0.29) is 0 Å². The molecule has 0 aromatic carbocycles. The zero-order valence-corrected chi connectivity index (χ0v) is 14.8. The molecule has 0 saturated heterocycles. The van der Waals surface area contributed by atoms with Crippen molar-refractivity contribution in [3.63, 3.8) is 0 Å². The van der Waals surface area contributed by atoms with Gasteiger partial charge in [0.15, 0.2) is 0 Å². The van der Waals surface area contributed by atoms with E-state index < -0.39 is 23.3 Å². The average Bonchev–Trinajstić information content (AvgIpc) is 2.46. The topological polar surface area (TPSA) is 57.5 Å². The highest BCUT2D eigenvalue weighted by molar-refractivity contribution is 9.10. The molecule has 6 heteroatoms. The number of carbonyl (C=O) groups excluding carboxylic acids is 2. The molecular formula is C15H20BrNO4. The Bertz CT molecular complexity index is 623. The maximum absolute atomic E-state index is 12.5. The number of rotatable bonds is 1. The van der Waals surface area contributed by atoms with Crippen LogP contribution in [0.25, 0.3) is 0 Å². The zero-order valence-electron chi connectivity index (χ0n) is 13.2. The number of aromatic nitrogens is 1. The van der Waals surface area contributed by atoms with E-state index in [4.69, 9.17) is 9.47 Å². The summed E-state index contributed by atoms with van der Waals surface area (Å²) in [4.78, 5) is 24.6. The van der Waals surface area contributed by atoms with Crippen molar-refractivity contribution in [1.29, 1.82) is 0 Å². The first-order valence-electron chi connectivity index (χ1n) is 6.79. The molecule has 1 aliphatic heterocycles. The molecule has 21 heavy (non-hydrogen) atoms. The van der Waals surface area contributed by atoms with E-state index in [2.05, 4.69) is 15.9 Å². The van der Waals surface area contributed by atoms with Gasteiger partial charge >= 0.3 is 12.1 Å². The van der Waals surface area contributed by atoms with Gasteiger partial charge in [-0.05, 0) is 57.5 Å². The molecule has 0 N–H and O–H groups in total. The van der Waals surface area contributed by atoms with Crippen molar-refractivity contribution >= 4 is 28.0 Å². The minimum atomic E-state index is -0.645. The van der Waals surface area contributed by atoms with Gasteiger partial charge in [-0.2, -0.15) is 0 Å². The number of hydrogen-bond acceptors (Lipinski definition) is 4. The fraction of sp³-hybridized carbons (Fsp3) is 0.600.